The molecule has 96 valence electrons. The van der Waals surface area contributed by atoms with Crippen LogP contribution in [0, 0.1) is 0 Å². The van der Waals surface area contributed by atoms with Crippen molar-refractivity contribution in [1.29, 1.82) is 0 Å². The maximum Gasteiger partial charge on any atom is 0.157 e. The Labute approximate surface area is 106 Å². The number of fused-ring (bicyclic) bond motifs is 1. The van der Waals surface area contributed by atoms with Gasteiger partial charge in [0.2, 0.25) is 0 Å². The number of hydrogen-bond donors (Lipinski definition) is 2. The summed E-state index contributed by atoms with van der Waals surface area (Å²) in [4.78, 5) is 4.60. The highest BCUT2D eigenvalue weighted by Crippen LogP contribution is 2.24. The van der Waals surface area contributed by atoms with Gasteiger partial charge in [0.1, 0.15) is 5.82 Å². The molecule has 18 heavy (non-hydrogen) atoms. The highest BCUT2D eigenvalue weighted by molar-refractivity contribution is 5.50. The van der Waals surface area contributed by atoms with Gasteiger partial charge in [-0.3, -0.25) is 0 Å². The molecule has 2 aromatic rings. The van der Waals surface area contributed by atoms with Crippen molar-refractivity contribution in [2.45, 2.75) is 44.7 Å². The van der Waals surface area contributed by atoms with Gasteiger partial charge in [0.05, 0.1) is 6.20 Å². The molecule has 1 aliphatic carbocycles. The van der Waals surface area contributed by atoms with Crippen molar-refractivity contribution in [3.8, 4) is 0 Å². The predicted molar refractivity (Wildman–Crippen MR) is 71.7 cm³/mol. The Hall–Kier alpha value is -1.62. The van der Waals surface area contributed by atoms with Crippen LogP contribution in [0.4, 0.5) is 5.82 Å². The number of rotatable bonds is 3. The molecule has 5 heteroatoms. The van der Waals surface area contributed by atoms with E-state index in [1.807, 2.05) is 10.6 Å². The van der Waals surface area contributed by atoms with E-state index in [9.17, 15) is 0 Å². The first kappa shape index (κ1) is 11.5. The van der Waals surface area contributed by atoms with Gasteiger partial charge in [0, 0.05) is 29.9 Å². The van der Waals surface area contributed by atoms with Gasteiger partial charge in [-0.2, -0.15) is 9.61 Å². The molecular formula is C13H19N5. The van der Waals surface area contributed by atoms with Gasteiger partial charge in [0.25, 0.3) is 0 Å². The Morgan fingerprint density at radius 2 is 2.22 bits per heavy atom. The predicted octanol–water partition coefficient (Wildman–Crippen LogP) is 1.75. The smallest absolute Gasteiger partial charge is 0.157 e. The van der Waals surface area contributed by atoms with Crippen LogP contribution in [-0.2, 0) is 0 Å². The molecule has 0 saturated heterocycles. The van der Waals surface area contributed by atoms with Gasteiger partial charge in [0.15, 0.2) is 5.65 Å². The van der Waals surface area contributed by atoms with E-state index in [0.717, 1.165) is 30.0 Å². The summed E-state index contributed by atoms with van der Waals surface area (Å²) in [6.07, 6.45) is 3.84. The highest BCUT2D eigenvalue weighted by Gasteiger charge is 2.26. The molecule has 3 rings (SSSR count). The normalized spacial score (nSPS) is 23.3. The van der Waals surface area contributed by atoms with Crippen LogP contribution >= 0.6 is 0 Å². The largest absolute Gasteiger partial charge is 0.367 e. The first-order chi connectivity index (χ1) is 8.63. The van der Waals surface area contributed by atoms with Gasteiger partial charge in [-0.25, -0.2) is 4.98 Å². The van der Waals surface area contributed by atoms with Crippen LogP contribution in [0.3, 0.4) is 0 Å². The molecule has 5 nitrogen and oxygen atoms in total. The Morgan fingerprint density at radius 3 is 2.89 bits per heavy atom. The third-order valence-corrected chi connectivity index (χ3v) is 3.50. The van der Waals surface area contributed by atoms with Crippen molar-refractivity contribution in [1.82, 2.24) is 14.6 Å². The average Bonchev–Trinajstić information content (AvgIpc) is 2.74. The molecule has 2 aromatic heterocycles. The molecule has 0 aromatic carbocycles. The lowest BCUT2D eigenvalue weighted by Gasteiger charge is -2.33. The minimum absolute atomic E-state index is 0.349. The van der Waals surface area contributed by atoms with Crippen molar-refractivity contribution in [3.63, 3.8) is 0 Å². The lowest BCUT2D eigenvalue weighted by atomic mass is 9.88. The third-order valence-electron chi connectivity index (χ3n) is 3.50. The Morgan fingerprint density at radius 1 is 1.44 bits per heavy atom. The molecule has 2 heterocycles. The average molecular weight is 245 g/mol. The summed E-state index contributed by atoms with van der Waals surface area (Å²) in [5.41, 5.74) is 7.81. The summed E-state index contributed by atoms with van der Waals surface area (Å²) >= 11 is 0. The molecular weight excluding hydrogens is 226 g/mol. The van der Waals surface area contributed by atoms with Crippen molar-refractivity contribution in [2.75, 3.05) is 5.32 Å². The van der Waals surface area contributed by atoms with E-state index in [1.54, 1.807) is 6.20 Å². The summed E-state index contributed by atoms with van der Waals surface area (Å²) < 4.78 is 1.86. The molecule has 0 atom stereocenters. The quantitative estimate of drug-likeness (QED) is 0.864. The third kappa shape index (κ3) is 1.95. The molecule has 0 radical (unpaired) electrons. The van der Waals surface area contributed by atoms with E-state index in [-0.39, 0.29) is 0 Å². The minimum atomic E-state index is 0.349. The lowest BCUT2D eigenvalue weighted by Crippen LogP contribution is -2.44. The molecule has 1 saturated carbocycles. The summed E-state index contributed by atoms with van der Waals surface area (Å²) in [6.45, 7) is 4.30. The Bertz CT molecular complexity index is 554. The number of nitrogens with one attached hydrogen (secondary N) is 1. The van der Waals surface area contributed by atoms with Crippen molar-refractivity contribution in [2.24, 2.45) is 5.73 Å². The fourth-order valence-electron chi connectivity index (χ4n) is 2.32. The molecule has 0 amide bonds. The van der Waals surface area contributed by atoms with Crippen LogP contribution in [0.15, 0.2) is 18.3 Å². The molecule has 3 N–H and O–H groups in total. The van der Waals surface area contributed by atoms with Gasteiger partial charge >= 0.3 is 0 Å². The molecule has 0 spiro atoms. The van der Waals surface area contributed by atoms with Crippen LogP contribution in [0.25, 0.3) is 5.65 Å². The summed E-state index contributed by atoms with van der Waals surface area (Å²) in [6, 6.07) is 4.84. The summed E-state index contributed by atoms with van der Waals surface area (Å²) in [5, 5.41) is 7.82. The fourth-order valence-corrected chi connectivity index (χ4v) is 2.32. The highest BCUT2D eigenvalue weighted by atomic mass is 15.3. The minimum Gasteiger partial charge on any atom is -0.367 e. The molecule has 0 unspecified atom stereocenters. The number of aromatic nitrogens is 3. The number of hydrogen-bond acceptors (Lipinski definition) is 4. The van der Waals surface area contributed by atoms with Crippen molar-refractivity contribution < 1.29 is 0 Å². The van der Waals surface area contributed by atoms with E-state index < -0.39 is 0 Å². The second-order valence-corrected chi connectivity index (χ2v) is 5.39. The summed E-state index contributed by atoms with van der Waals surface area (Å²) in [5.74, 6) is 1.43. The zero-order chi connectivity index (χ0) is 12.7. The monoisotopic (exact) mass is 245 g/mol. The van der Waals surface area contributed by atoms with E-state index in [1.165, 1.54) is 0 Å². The van der Waals surface area contributed by atoms with Gasteiger partial charge < -0.3 is 11.1 Å². The first-order valence-electron chi connectivity index (χ1n) is 6.50. The molecule has 1 aliphatic rings. The van der Waals surface area contributed by atoms with E-state index >= 15 is 0 Å². The van der Waals surface area contributed by atoms with E-state index in [0.29, 0.717) is 18.0 Å². The van der Waals surface area contributed by atoms with E-state index in [2.05, 4.69) is 35.3 Å². The molecule has 0 bridgehead atoms. The standard InChI is InChI=1S/C13H19N5/c1-8(2)11-7-13(16-10-5-9(14)6-10)18-12(17-11)3-4-15-18/h3-4,7-10,16H,5-6,14H2,1-2H3/t9-,10+. The summed E-state index contributed by atoms with van der Waals surface area (Å²) in [7, 11) is 0. The number of nitrogens with two attached hydrogens (primary N) is 1. The Kier molecular flexibility index (Phi) is 2.70. The number of nitrogens with zero attached hydrogens (tertiary/aromatic N) is 3. The molecule has 0 aliphatic heterocycles. The lowest BCUT2D eigenvalue weighted by molar-refractivity contribution is 0.372. The maximum atomic E-state index is 5.82. The Balaban J connectivity index is 1.95. The fraction of sp³-hybridized carbons (Fsp3) is 0.538. The van der Waals surface area contributed by atoms with Crippen molar-refractivity contribution >= 4 is 11.5 Å². The second-order valence-electron chi connectivity index (χ2n) is 5.39. The first-order valence-corrected chi connectivity index (χ1v) is 6.50. The maximum absolute atomic E-state index is 5.82. The zero-order valence-electron chi connectivity index (χ0n) is 10.8. The van der Waals surface area contributed by atoms with Crippen molar-refractivity contribution in [3.05, 3.63) is 24.0 Å². The topological polar surface area (TPSA) is 68.2 Å². The van der Waals surface area contributed by atoms with Gasteiger partial charge in [-0.15, -0.1) is 0 Å². The van der Waals surface area contributed by atoms with Crippen LogP contribution in [0.5, 0.6) is 0 Å². The van der Waals surface area contributed by atoms with E-state index in [4.69, 9.17) is 5.73 Å². The van der Waals surface area contributed by atoms with Gasteiger partial charge in [-0.05, 0) is 18.8 Å². The van der Waals surface area contributed by atoms with Crippen LogP contribution < -0.4 is 11.1 Å². The number of anilines is 1. The SMILES string of the molecule is CC(C)c1cc(N[C@H]2C[C@@H](N)C2)n2nccc2n1. The van der Waals surface area contributed by atoms with Crippen LogP contribution in [-0.4, -0.2) is 26.7 Å². The molecule has 1 fully saturated rings. The zero-order valence-corrected chi connectivity index (χ0v) is 10.8. The second kappa shape index (κ2) is 4.24. The van der Waals surface area contributed by atoms with Gasteiger partial charge in [-0.1, -0.05) is 13.8 Å². The van der Waals surface area contributed by atoms with Crippen LogP contribution in [0.2, 0.25) is 0 Å². The van der Waals surface area contributed by atoms with Crippen LogP contribution in [0.1, 0.15) is 38.3 Å².